The number of carbonyl (C=O) groups is 2. The first kappa shape index (κ1) is 16.7. The lowest BCUT2D eigenvalue weighted by atomic mass is 10.2. The number of ether oxygens (including phenoxy) is 2. The molecular formula is C11H21NO6. The number of carboxylic acids is 1. The third-order valence-electron chi connectivity index (χ3n) is 1.95. The zero-order chi connectivity index (χ0) is 14.3. The van der Waals surface area contributed by atoms with E-state index in [2.05, 4.69) is 0 Å². The number of hydrogen-bond acceptors (Lipinski definition) is 5. The molecule has 0 rings (SSSR count). The van der Waals surface area contributed by atoms with Crippen molar-refractivity contribution >= 4 is 12.1 Å². The molecule has 0 aromatic rings. The number of hydrogen-bond donors (Lipinski definition) is 2. The van der Waals surface area contributed by atoms with E-state index in [1.165, 1.54) is 7.05 Å². The van der Waals surface area contributed by atoms with E-state index in [0.29, 0.717) is 0 Å². The van der Waals surface area contributed by atoms with Crippen LogP contribution in [0.2, 0.25) is 0 Å². The summed E-state index contributed by atoms with van der Waals surface area (Å²) in [5.74, 6) is -1.19. The summed E-state index contributed by atoms with van der Waals surface area (Å²) in [6.45, 7) is 4.68. The van der Waals surface area contributed by atoms with Gasteiger partial charge in [-0.05, 0) is 20.8 Å². The first-order chi connectivity index (χ1) is 8.19. The Morgan fingerprint density at radius 2 is 1.89 bits per heavy atom. The first-order valence-electron chi connectivity index (χ1n) is 5.56. The minimum atomic E-state index is -1.19. The van der Waals surface area contributed by atoms with E-state index in [9.17, 15) is 9.59 Å². The summed E-state index contributed by atoms with van der Waals surface area (Å²) in [4.78, 5) is 23.6. The van der Waals surface area contributed by atoms with Crippen LogP contribution in [0.15, 0.2) is 0 Å². The average molecular weight is 263 g/mol. The first-order valence-corrected chi connectivity index (χ1v) is 5.56. The molecule has 0 aliphatic carbocycles. The maximum Gasteiger partial charge on any atom is 0.410 e. The Kier molecular flexibility index (Phi) is 6.64. The third-order valence-corrected chi connectivity index (χ3v) is 1.95. The molecule has 0 aliphatic rings. The van der Waals surface area contributed by atoms with Gasteiger partial charge in [-0.2, -0.15) is 0 Å². The van der Waals surface area contributed by atoms with Gasteiger partial charge in [0.05, 0.1) is 19.8 Å². The lowest BCUT2D eigenvalue weighted by Gasteiger charge is -2.28. The van der Waals surface area contributed by atoms with Gasteiger partial charge in [-0.3, -0.25) is 4.90 Å². The molecule has 0 saturated heterocycles. The van der Waals surface area contributed by atoms with E-state index in [1.807, 2.05) is 0 Å². The number of aliphatic hydroxyl groups is 1. The Bertz CT molecular complexity index is 286. The van der Waals surface area contributed by atoms with Crippen LogP contribution in [0.25, 0.3) is 0 Å². The number of carboxylic acid groups (broad SMARTS) is 1. The second-order valence-electron chi connectivity index (χ2n) is 4.74. The molecule has 1 atom stereocenters. The Hall–Kier alpha value is -1.34. The quantitative estimate of drug-likeness (QED) is 0.670. The molecule has 0 radical (unpaired) electrons. The Balaban J connectivity index is 4.51. The van der Waals surface area contributed by atoms with E-state index in [0.717, 1.165) is 4.90 Å². The molecule has 0 saturated carbocycles. The molecule has 0 aromatic heterocycles. The van der Waals surface area contributed by atoms with Crippen LogP contribution in [0.1, 0.15) is 20.8 Å². The van der Waals surface area contributed by atoms with Crippen LogP contribution in [0.5, 0.6) is 0 Å². The molecule has 0 unspecified atom stereocenters. The van der Waals surface area contributed by atoms with Gasteiger partial charge in [0.2, 0.25) is 0 Å². The Morgan fingerprint density at radius 3 is 2.28 bits per heavy atom. The second kappa shape index (κ2) is 7.17. The minimum Gasteiger partial charge on any atom is -0.480 e. The van der Waals surface area contributed by atoms with E-state index >= 15 is 0 Å². The highest BCUT2D eigenvalue weighted by atomic mass is 16.6. The van der Waals surface area contributed by atoms with Crippen LogP contribution >= 0.6 is 0 Å². The summed E-state index contributed by atoms with van der Waals surface area (Å²) in [5, 5.41) is 17.5. The Labute approximate surface area is 106 Å². The molecular weight excluding hydrogens is 242 g/mol. The normalized spacial score (nSPS) is 12.9. The molecule has 0 heterocycles. The largest absolute Gasteiger partial charge is 0.480 e. The molecule has 2 N–H and O–H groups in total. The van der Waals surface area contributed by atoms with Crippen molar-refractivity contribution in [1.82, 2.24) is 4.90 Å². The van der Waals surface area contributed by atoms with Gasteiger partial charge in [-0.1, -0.05) is 0 Å². The van der Waals surface area contributed by atoms with E-state index in [1.54, 1.807) is 20.8 Å². The van der Waals surface area contributed by atoms with Gasteiger partial charge in [0.15, 0.2) is 6.04 Å². The number of aliphatic carboxylic acids is 1. The highest BCUT2D eigenvalue weighted by molar-refractivity contribution is 5.80. The molecule has 0 fully saturated rings. The smallest absolute Gasteiger partial charge is 0.410 e. The van der Waals surface area contributed by atoms with Crippen molar-refractivity contribution < 1.29 is 29.3 Å². The topological polar surface area (TPSA) is 96.3 Å². The van der Waals surface area contributed by atoms with Gasteiger partial charge in [0.1, 0.15) is 5.60 Å². The summed E-state index contributed by atoms with van der Waals surface area (Å²) in [5.41, 5.74) is -0.694. The average Bonchev–Trinajstić information content (AvgIpc) is 2.20. The standard InChI is InChI=1S/C11H21NO6/c1-11(2,3)18-10(16)12(4)8(9(14)15)7-17-6-5-13/h8,13H,5-7H2,1-4H3,(H,14,15)/t8-/m0/s1. The van der Waals surface area contributed by atoms with Crippen molar-refractivity contribution in [2.24, 2.45) is 0 Å². The van der Waals surface area contributed by atoms with Crippen molar-refractivity contribution in [3.8, 4) is 0 Å². The molecule has 1 amide bonds. The maximum absolute atomic E-state index is 11.7. The maximum atomic E-state index is 11.7. The summed E-state index contributed by atoms with van der Waals surface area (Å²) in [6.07, 6.45) is -0.734. The van der Waals surface area contributed by atoms with E-state index in [4.69, 9.17) is 19.7 Å². The summed E-state index contributed by atoms with van der Waals surface area (Å²) in [7, 11) is 1.33. The summed E-state index contributed by atoms with van der Waals surface area (Å²) in [6, 6.07) is -1.15. The van der Waals surface area contributed by atoms with Crippen molar-refractivity contribution in [1.29, 1.82) is 0 Å². The number of amides is 1. The zero-order valence-corrected chi connectivity index (χ0v) is 11.2. The van der Waals surface area contributed by atoms with Gasteiger partial charge in [-0.25, -0.2) is 9.59 Å². The van der Waals surface area contributed by atoms with Crippen molar-refractivity contribution in [3.05, 3.63) is 0 Å². The van der Waals surface area contributed by atoms with Crippen LogP contribution in [-0.4, -0.2) is 65.7 Å². The van der Waals surface area contributed by atoms with Crippen LogP contribution in [-0.2, 0) is 14.3 Å². The molecule has 0 aromatic carbocycles. The predicted octanol–water partition coefficient (Wildman–Crippen LogP) is 0.315. The van der Waals surface area contributed by atoms with Gasteiger partial charge >= 0.3 is 12.1 Å². The molecule has 0 aliphatic heterocycles. The van der Waals surface area contributed by atoms with Gasteiger partial charge < -0.3 is 19.7 Å². The van der Waals surface area contributed by atoms with Crippen LogP contribution in [0, 0.1) is 0 Å². The van der Waals surface area contributed by atoms with Gasteiger partial charge in [0, 0.05) is 7.05 Å². The lowest BCUT2D eigenvalue weighted by Crippen LogP contribution is -2.47. The number of aliphatic hydroxyl groups excluding tert-OH is 1. The molecule has 0 spiro atoms. The van der Waals surface area contributed by atoms with Crippen molar-refractivity contribution in [2.45, 2.75) is 32.4 Å². The minimum absolute atomic E-state index is 0.0198. The highest BCUT2D eigenvalue weighted by Gasteiger charge is 2.30. The number of rotatable bonds is 6. The molecule has 7 nitrogen and oxygen atoms in total. The molecule has 18 heavy (non-hydrogen) atoms. The number of likely N-dealkylation sites (N-methyl/N-ethyl adjacent to an activating group) is 1. The SMILES string of the molecule is CN(C(=O)OC(C)(C)C)[C@@H](COCCO)C(=O)O. The fraction of sp³-hybridized carbons (Fsp3) is 0.818. The molecule has 7 heteroatoms. The predicted molar refractivity (Wildman–Crippen MR) is 63.3 cm³/mol. The summed E-state index contributed by atoms with van der Waals surface area (Å²) >= 11 is 0. The fourth-order valence-corrected chi connectivity index (χ4v) is 1.07. The van der Waals surface area contributed by atoms with Crippen LogP contribution in [0.3, 0.4) is 0 Å². The molecule has 0 bridgehead atoms. The number of nitrogens with zero attached hydrogens (tertiary/aromatic N) is 1. The lowest BCUT2D eigenvalue weighted by molar-refractivity contribution is -0.145. The van der Waals surface area contributed by atoms with Crippen molar-refractivity contribution in [3.63, 3.8) is 0 Å². The fourth-order valence-electron chi connectivity index (χ4n) is 1.07. The second-order valence-corrected chi connectivity index (χ2v) is 4.74. The van der Waals surface area contributed by atoms with Crippen LogP contribution in [0.4, 0.5) is 4.79 Å². The zero-order valence-electron chi connectivity index (χ0n) is 11.2. The van der Waals surface area contributed by atoms with Crippen LogP contribution < -0.4 is 0 Å². The third kappa shape index (κ3) is 6.41. The van der Waals surface area contributed by atoms with E-state index < -0.39 is 23.7 Å². The number of carbonyl (C=O) groups excluding carboxylic acids is 1. The monoisotopic (exact) mass is 263 g/mol. The van der Waals surface area contributed by atoms with Crippen molar-refractivity contribution in [2.75, 3.05) is 26.9 Å². The van der Waals surface area contributed by atoms with Gasteiger partial charge in [0.25, 0.3) is 0 Å². The highest BCUT2D eigenvalue weighted by Crippen LogP contribution is 2.11. The van der Waals surface area contributed by atoms with Gasteiger partial charge in [-0.15, -0.1) is 0 Å². The summed E-state index contributed by atoms with van der Waals surface area (Å²) < 4.78 is 9.98. The van der Waals surface area contributed by atoms with E-state index in [-0.39, 0.29) is 19.8 Å². The molecule has 106 valence electrons. The Morgan fingerprint density at radius 1 is 1.33 bits per heavy atom.